The number of nitrogens with one attached hydrogen (secondary N) is 1. The Morgan fingerprint density at radius 2 is 1.84 bits per heavy atom. The number of halogens is 1. The van der Waals surface area contributed by atoms with Gasteiger partial charge in [0, 0.05) is 37.4 Å². The second-order valence-electron chi connectivity index (χ2n) is 8.13. The van der Waals surface area contributed by atoms with E-state index in [0.29, 0.717) is 29.4 Å². The molecule has 4 rings (SSSR count). The van der Waals surface area contributed by atoms with Crippen molar-refractivity contribution in [1.82, 2.24) is 0 Å². The second kappa shape index (κ2) is 9.61. The molecular weight excluding hydrogens is 430 g/mol. The van der Waals surface area contributed by atoms with Gasteiger partial charge in [-0.3, -0.25) is 9.59 Å². The van der Waals surface area contributed by atoms with Crippen molar-refractivity contribution in [3.8, 4) is 0 Å². The first-order valence-corrected chi connectivity index (χ1v) is 11.2. The van der Waals surface area contributed by atoms with Gasteiger partial charge in [-0.15, -0.1) is 0 Å². The highest BCUT2D eigenvalue weighted by atomic mass is 35.5. The average molecular weight is 456 g/mol. The lowest BCUT2D eigenvalue weighted by Gasteiger charge is -2.19. The number of rotatable bonds is 6. The molecule has 8 heteroatoms. The summed E-state index contributed by atoms with van der Waals surface area (Å²) in [5.41, 5.74) is 3.52. The molecule has 2 fully saturated rings. The molecule has 0 bridgehead atoms. The van der Waals surface area contributed by atoms with Crippen LogP contribution in [0.1, 0.15) is 41.6 Å². The van der Waals surface area contributed by atoms with E-state index < -0.39 is 18.5 Å². The van der Waals surface area contributed by atoms with E-state index in [-0.39, 0.29) is 11.5 Å². The van der Waals surface area contributed by atoms with Crippen LogP contribution in [0.5, 0.6) is 0 Å². The zero-order valence-electron chi connectivity index (χ0n) is 18.0. The Balaban J connectivity index is 1.35. The quantitative estimate of drug-likeness (QED) is 0.661. The van der Waals surface area contributed by atoms with E-state index in [1.165, 1.54) is 25.0 Å². The summed E-state index contributed by atoms with van der Waals surface area (Å²) in [6, 6.07) is 10.5. The van der Waals surface area contributed by atoms with Gasteiger partial charge in [-0.1, -0.05) is 11.6 Å². The maximum atomic E-state index is 12.5. The minimum Gasteiger partial charge on any atom is -0.452 e. The molecule has 0 aliphatic carbocycles. The van der Waals surface area contributed by atoms with Crippen molar-refractivity contribution in [2.24, 2.45) is 0 Å². The van der Waals surface area contributed by atoms with E-state index in [1.807, 2.05) is 19.1 Å². The molecule has 0 aromatic heterocycles. The molecule has 7 nitrogen and oxygen atoms in total. The van der Waals surface area contributed by atoms with Crippen molar-refractivity contribution < 1.29 is 19.1 Å². The largest absolute Gasteiger partial charge is 0.452 e. The minimum atomic E-state index is -0.647. The summed E-state index contributed by atoms with van der Waals surface area (Å²) < 4.78 is 5.19. The Labute approximate surface area is 192 Å². The molecule has 0 atom stereocenters. The number of benzene rings is 2. The summed E-state index contributed by atoms with van der Waals surface area (Å²) in [4.78, 5) is 40.7. The van der Waals surface area contributed by atoms with Crippen LogP contribution in [0.15, 0.2) is 36.4 Å². The summed E-state index contributed by atoms with van der Waals surface area (Å²) in [5, 5.41) is 3.19. The van der Waals surface area contributed by atoms with Crippen LogP contribution in [0.3, 0.4) is 0 Å². The first kappa shape index (κ1) is 22.1. The summed E-state index contributed by atoms with van der Waals surface area (Å²) in [5.74, 6) is -1.09. The molecule has 1 N–H and O–H groups in total. The van der Waals surface area contributed by atoms with Crippen LogP contribution in [0.4, 0.5) is 17.1 Å². The van der Waals surface area contributed by atoms with Gasteiger partial charge in [0.15, 0.2) is 6.61 Å². The third-order valence-corrected chi connectivity index (χ3v) is 6.16. The highest BCUT2D eigenvalue weighted by molar-refractivity contribution is 6.34. The number of anilines is 3. The Bertz CT molecular complexity index is 1050. The predicted octanol–water partition coefficient (Wildman–Crippen LogP) is 4.17. The molecule has 2 aliphatic heterocycles. The molecule has 2 aliphatic rings. The zero-order valence-corrected chi connectivity index (χ0v) is 18.8. The SMILES string of the molecule is Cc1cc(N2CCCC2)ccc1NC(=O)COC(=O)c1ccc(Cl)c(N2CCCC2=O)c1. The van der Waals surface area contributed by atoms with E-state index in [1.54, 1.807) is 11.0 Å². The molecule has 0 radical (unpaired) electrons. The van der Waals surface area contributed by atoms with Gasteiger partial charge in [-0.2, -0.15) is 0 Å². The summed E-state index contributed by atoms with van der Waals surface area (Å²) in [6.07, 6.45) is 3.62. The number of aryl methyl sites for hydroxylation is 1. The Hall–Kier alpha value is -3.06. The number of ether oxygens (including phenoxy) is 1. The van der Waals surface area contributed by atoms with Gasteiger partial charge in [0.05, 0.1) is 16.3 Å². The van der Waals surface area contributed by atoms with Crippen LogP contribution in [-0.4, -0.2) is 44.0 Å². The molecule has 2 heterocycles. The van der Waals surface area contributed by atoms with Crippen molar-refractivity contribution in [2.75, 3.05) is 41.4 Å². The fraction of sp³-hybridized carbons (Fsp3) is 0.375. The van der Waals surface area contributed by atoms with Crippen molar-refractivity contribution in [2.45, 2.75) is 32.6 Å². The first-order valence-electron chi connectivity index (χ1n) is 10.8. The van der Waals surface area contributed by atoms with Gasteiger partial charge in [-0.25, -0.2) is 4.79 Å². The highest BCUT2D eigenvalue weighted by Crippen LogP contribution is 2.30. The van der Waals surface area contributed by atoms with Crippen LogP contribution in [0.2, 0.25) is 5.02 Å². The van der Waals surface area contributed by atoms with Crippen molar-refractivity contribution in [3.05, 3.63) is 52.5 Å². The van der Waals surface area contributed by atoms with Crippen LogP contribution >= 0.6 is 11.6 Å². The van der Waals surface area contributed by atoms with Crippen LogP contribution < -0.4 is 15.1 Å². The Morgan fingerprint density at radius 3 is 2.53 bits per heavy atom. The molecular formula is C24H26ClN3O4. The Morgan fingerprint density at radius 1 is 1.06 bits per heavy atom. The third kappa shape index (κ3) is 4.88. The van der Waals surface area contributed by atoms with E-state index in [2.05, 4.69) is 16.3 Å². The fourth-order valence-corrected chi connectivity index (χ4v) is 4.33. The molecule has 0 spiro atoms. The van der Waals surface area contributed by atoms with E-state index in [9.17, 15) is 14.4 Å². The van der Waals surface area contributed by atoms with Gasteiger partial charge in [0.2, 0.25) is 5.91 Å². The predicted molar refractivity (Wildman–Crippen MR) is 125 cm³/mol. The molecule has 168 valence electrons. The Kier molecular flexibility index (Phi) is 6.65. The normalized spacial score (nSPS) is 15.9. The molecule has 2 saturated heterocycles. The lowest BCUT2D eigenvalue weighted by Crippen LogP contribution is -2.25. The van der Waals surface area contributed by atoms with Gasteiger partial charge in [0.1, 0.15) is 0 Å². The van der Waals surface area contributed by atoms with E-state index >= 15 is 0 Å². The van der Waals surface area contributed by atoms with Gasteiger partial charge in [-0.05, 0) is 68.1 Å². The minimum absolute atomic E-state index is 0.0251. The van der Waals surface area contributed by atoms with Crippen LogP contribution in [0.25, 0.3) is 0 Å². The number of amides is 2. The van der Waals surface area contributed by atoms with E-state index in [0.717, 1.165) is 30.8 Å². The molecule has 2 aromatic carbocycles. The molecule has 2 aromatic rings. The van der Waals surface area contributed by atoms with Crippen molar-refractivity contribution in [1.29, 1.82) is 0 Å². The fourth-order valence-electron chi connectivity index (χ4n) is 4.11. The topological polar surface area (TPSA) is 79.0 Å². The van der Waals surface area contributed by atoms with Gasteiger partial charge >= 0.3 is 5.97 Å². The summed E-state index contributed by atoms with van der Waals surface area (Å²) in [6.45, 7) is 4.21. The van der Waals surface area contributed by atoms with E-state index in [4.69, 9.17) is 16.3 Å². The summed E-state index contributed by atoms with van der Waals surface area (Å²) in [7, 11) is 0. The number of hydrogen-bond acceptors (Lipinski definition) is 5. The number of carbonyl (C=O) groups excluding carboxylic acids is 3. The molecule has 2 amide bonds. The second-order valence-corrected chi connectivity index (χ2v) is 8.54. The summed E-state index contributed by atoms with van der Waals surface area (Å²) >= 11 is 6.22. The third-order valence-electron chi connectivity index (χ3n) is 5.84. The van der Waals surface area contributed by atoms with Gasteiger partial charge < -0.3 is 19.9 Å². The number of nitrogens with zero attached hydrogens (tertiary/aromatic N) is 2. The molecule has 0 unspecified atom stereocenters. The lowest BCUT2D eigenvalue weighted by molar-refractivity contribution is -0.119. The average Bonchev–Trinajstić information content (AvgIpc) is 3.46. The van der Waals surface area contributed by atoms with Crippen molar-refractivity contribution in [3.63, 3.8) is 0 Å². The molecule has 0 saturated carbocycles. The van der Waals surface area contributed by atoms with Gasteiger partial charge in [0.25, 0.3) is 5.91 Å². The molecule has 32 heavy (non-hydrogen) atoms. The first-order chi connectivity index (χ1) is 15.4. The zero-order chi connectivity index (χ0) is 22.7. The van der Waals surface area contributed by atoms with Crippen LogP contribution in [-0.2, 0) is 14.3 Å². The maximum Gasteiger partial charge on any atom is 0.338 e. The lowest BCUT2D eigenvalue weighted by atomic mass is 10.1. The van der Waals surface area contributed by atoms with Crippen molar-refractivity contribution >= 4 is 46.4 Å². The number of esters is 1. The number of carbonyl (C=O) groups is 3. The maximum absolute atomic E-state index is 12.5. The number of hydrogen-bond donors (Lipinski definition) is 1. The van der Waals surface area contributed by atoms with Crippen LogP contribution in [0, 0.1) is 6.92 Å². The smallest absolute Gasteiger partial charge is 0.338 e. The standard InChI is InChI=1S/C24H26ClN3O4/c1-16-13-18(27-10-2-3-11-27)7-9-20(16)26-22(29)15-32-24(31)17-6-8-19(25)21(14-17)28-12-4-5-23(28)30/h6-9,13-14H,2-5,10-12,15H2,1H3,(H,26,29). The monoisotopic (exact) mass is 455 g/mol. The highest BCUT2D eigenvalue weighted by Gasteiger charge is 2.25.